The van der Waals surface area contributed by atoms with Crippen molar-refractivity contribution in [3.8, 4) is 11.5 Å². The summed E-state index contributed by atoms with van der Waals surface area (Å²) in [5, 5.41) is 0. The summed E-state index contributed by atoms with van der Waals surface area (Å²) in [7, 11) is 3.09. The van der Waals surface area contributed by atoms with E-state index in [4.69, 9.17) is 15.2 Å². The topological polar surface area (TPSA) is 61.5 Å². The minimum absolute atomic E-state index is 0.105. The Labute approximate surface area is 125 Å². The Kier molecular flexibility index (Phi) is 4.29. The number of nitrogen functional groups attached to an aromatic ring is 1. The molecule has 0 aromatic heterocycles. The van der Waals surface area contributed by atoms with Crippen LogP contribution in [-0.4, -0.2) is 20.0 Å². The Morgan fingerprint density at radius 3 is 2.20 bits per heavy atom. The first kappa shape index (κ1) is 14.4. The molecule has 0 atom stereocenters. The summed E-state index contributed by atoms with van der Waals surface area (Å²) in [6.07, 6.45) is 0. The molecule has 0 bridgehead atoms. The Bertz CT molecular complexity index is 656. The van der Waals surface area contributed by atoms with E-state index in [-0.39, 0.29) is 5.78 Å². The van der Waals surface area contributed by atoms with Gasteiger partial charge in [0.25, 0.3) is 0 Å². The summed E-state index contributed by atoms with van der Waals surface area (Å²) in [5.41, 5.74) is 7.39. The number of carbonyl (C=O) groups is 1. The highest BCUT2D eigenvalue weighted by molar-refractivity contribution is 9.10. The maximum Gasteiger partial charge on any atom is 0.193 e. The summed E-state index contributed by atoms with van der Waals surface area (Å²) < 4.78 is 11.0. The number of anilines is 1. The van der Waals surface area contributed by atoms with E-state index in [0.29, 0.717) is 32.8 Å². The third kappa shape index (κ3) is 2.77. The third-order valence-corrected chi connectivity index (χ3v) is 3.60. The van der Waals surface area contributed by atoms with Crippen LogP contribution in [0.1, 0.15) is 15.9 Å². The van der Waals surface area contributed by atoms with Gasteiger partial charge in [0.2, 0.25) is 0 Å². The lowest BCUT2D eigenvalue weighted by Crippen LogP contribution is -2.03. The van der Waals surface area contributed by atoms with Gasteiger partial charge < -0.3 is 15.2 Å². The molecule has 5 heteroatoms. The molecule has 0 saturated carbocycles. The van der Waals surface area contributed by atoms with Crippen LogP contribution in [0.4, 0.5) is 5.69 Å². The van der Waals surface area contributed by atoms with Crippen molar-refractivity contribution in [2.24, 2.45) is 0 Å². The van der Waals surface area contributed by atoms with Crippen LogP contribution in [0.2, 0.25) is 0 Å². The van der Waals surface area contributed by atoms with Crippen LogP contribution in [0.3, 0.4) is 0 Å². The largest absolute Gasteiger partial charge is 0.493 e. The highest BCUT2D eigenvalue weighted by Crippen LogP contribution is 2.29. The molecule has 2 N–H and O–H groups in total. The monoisotopic (exact) mass is 335 g/mol. The molecule has 0 radical (unpaired) electrons. The molecule has 0 aliphatic heterocycles. The fourth-order valence-corrected chi connectivity index (χ4v) is 2.19. The summed E-state index contributed by atoms with van der Waals surface area (Å²) in [6.45, 7) is 0. The quantitative estimate of drug-likeness (QED) is 0.688. The number of hydrogen-bond acceptors (Lipinski definition) is 4. The first-order chi connectivity index (χ1) is 9.56. The number of benzene rings is 2. The van der Waals surface area contributed by atoms with Crippen molar-refractivity contribution in [1.29, 1.82) is 0 Å². The summed E-state index contributed by atoms with van der Waals surface area (Å²) in [5.74, 6) is 1.00. The van der Waals surface area contributed by atoms with Crippen molar-refractivity contribution in [1.82, 2.24) is 0 Å². The van der Waals surface area contributed by atoms with Crippen molar-refractivity contribution in [3.05, 3.63) is 52.0 Å². The van der Waals surface area contributed by atoms with Crippen molar-refractivity contribution < 1.29 is 14.3 Å². The molecule has 0 unspecified atom stereocenters. The second-order valence-electron chi connectivity index (χ2n) is 4.14. The molecule has 0 spiro atoms. The van der Waals surface area contributed by atoms with Gasteiger partial charge in [0.05, 0.1) is 14.2 Å². The Morgan fingerprint density at radius 2 is 1.60 bits per heavy atom. The van der Waals surface area contributed by atoms with E-state index >= 15 is 0 Å². The maximum atomic E-state index is 12.4. The van der Waals surface area contributed by atoms with Crippen molar-refractivity contribution >= 4 is 27.4 Å². The van der Waals surface area contributed by atoms with Crippen LogP contribution < -0.4 is 15.2 Å². The number of ether oxygens (including phenoxy) is 2. The van der Waals surface area contributed by atoms with E-state index in [2.05, 4.69) is 15.9 Å². The zero-order chi connectivity index (χ0) is 14.7. The molecule has 0 fully saturated rings. The summed E-state index contributed by atoms with van der Waals surface area (Å²) >= 11 is 3.32. The molecule has 2 aromatic rings. The van der Waals surface area contributed by atoms with Crippen LogP contribution in [0.5, 0.6) is 11.5 Å². The predicted octanol–water partition coefficient (Wildman–Crippen LogP) is 3.28. The fourth-order valence-electron chi connectivity index (χ4n) is 1.81. The molecule has 0 saturated heterocycles. The average molecular weight is 336 g/mol. The molecule has 4 nitrogen and oxygen atoms in total. The summed E-state index contributed by atoms with van der Waals surface area (Å²) in [6, 6.07) is 10.2. The Hall–Kier alpha value is -2.01. The lowest BCUT2D eigenvalue weighted by atomic mass is 10.0. The predicted molar refractivity (Wildman–Crippen MR) is 81.5 cm³/mol. The molecule has 104 valence electrons. The standard InChI is InChI=1S/C15H14BrNO3/c1-19-13-6-4-10(8-14(13)20-2)15(18)9-3-5-12(17)11(16)7-9/h3-8H,17H2,1-2H3. The van der Waals surface area contributed by atoms with Crippen molar-refractivity contribution in [2.75, 3.05) is 20.0 Å². The molecule has 20 heavy (non-hydrogen) atoms. The molecule has 0 aliphatic rings. The van der Waals surface area contributed by atoms with Crippen molar-refractivity contribution in [3.63, 3.8) is 0 Å². The zero-order valence-corrected chi connectivity index (χ0v) is 12.7. The van der Waals surface area contributed by atoms with E-state index in [1.807, 2.05) is 0 Å². The molecular formula is C15H14BrNO3. The maximum absolute atomic E-state index is 12.4. The first-order valence-electron chi connectivity index (χ1n) is 5.88. The molecule has 2 aromatic carbocycles. The SMILES string of the molecule is COc1ccc(C(=O)c2ccc(N)c(Br)c2)cc1OC. The Morgan fingerprint density at radius 1 is 1.00 bits per heavy atom. The van der Waals surface area contributed by atoms with Gasteiger partial charge in [-0.15, -0.1) is 0 Å². The third-order valence-electron chi connectivity index (χ3n) is 2.91. The van der Waals surface area contributed by atoms with E-state index in [1.165, 1.54) is 7.11 Å². The van der Waals surface area contributed by atoms with Gasteiger partial charge in [-0.1, -0.05) is 0 Å². The second kappa shape index (κ2) is 5.96. The summed E-state index contributed by atoms with van der Waals surface area (Å²) in [4.78, 5) is 12.4. The average Bonchev–Trinajstić information content (AvgIpc) is 2.48. The normalized spacial score (nSPS) is 10.2. The van der Waals surface area contributed by atoms with Gasteiger partial charge in [0.15, 0.2) is 17.3 Å². The van der Waals surface area contributed by atoms with Crippen LogP contribution in [0.15, 0.2) is 40.9 Å². The first-order valence-corrected chi connectivity index (χ1v) is 6.68. The number of nitrogens with two attached hydrogens (primary N) is 1. The smallest absolute Gasteiger partial charge is 0.193 e. The van der Waals surface area contributed by atoms with Gasteiger partial charge in [-0.25, -0.2) is 0 Å². The van der Waals surface area contributed by atoms with Crippen LogP contribution in [-0.2, 0) is 0 Å². The number of ketones is 1. The highest BCUT2D eigenvalue weighted by atomic mass is 79.9. The second-order valence-corrected chi connectivity index (χ2v) is 4.99. The zero-order valence-electron chi connectivity index (χ0n) is 11.1. The van der Waals surface area contributed by atoms with Gasteiger partial charge in [-0.3, -0.25) is 4.79 Å². The van der Waals surface area contributed by atoms with E-state index in [1.54, 1.807) is 43.5 Å². The number of rotatable bonds is 4. The number of carbonyl (C=O) groups excluding carboxylic acids is 1. The van der Waals surface area contributed by atoms with Crippen molar-refractivity contribution in [2.45, 2.75) is 0 Å². The van der Waals surface area contributed by atoms with Gasteiger partial charge in [0.1, 0.15) is 0 Å². The number of methoxy groups -OCH3 is 2. The van der Waals surface area contributed by atoms with Crippen LogP contribution in [0, 0.1) is 0 Å². The van der Waals surface area contributed by atoms with E-state index < -0.39 is 0 Å². The minimum atomic E-state index is -0.105. The molecular weight excluding hydrogens is 322 g/mol. The Balaban J connectivity index is 2.40. The van der Waals surface area contributed by atoms with Gasteiger partial charge in [-0.05, 0) is 52.3 Å². The highest BCUT2D eigenvalue weighted by Gasteiger charge is 2.13. The van der Waals surface area contributed by atoms with Crippen LogP contribution in [0.25, 0.3) is 0 Å². The molecule has 0 heterocycles. The number of hydrogen-bond donors (Lipinski definition) is 1. The lowest BCUT2D eigenvalue weighted by Gasteiger charge is -2.09. The van der Waals surface area contributed by atoms with Gasteiger partial charge in [0, 0.05) is 21.3 Å². The van der Waals surface area contributed by atoms with E-state index in [0.717, 1.165) is 0 Å². The fraction of sp³-hybridized carbons (Fsp3) is 0.133. The van der Waals surface area contributed by atoms with Gasteiger partial charge in [-0.2, -0.15) is 0 Å². The molecule has 0 aliphatic carbocycles. The van der Waals surface area contributed by atoms with Gasteiger partial charge >= 0.3 is 0 Å². The van der Waals surface area contributed by atoms with Crippen LogP contribution >= 0.6 is 15.9 Å². The van der Waals surface area contributed by atoms with E-state index in [9.17, 15) is 4.79 Å². The molecule has 0 amide bonds. The number of halogens is 1. The minimum Gasteiger partial charge on any atom is -0.493 e. The molecule has 2 rings (SSSR count). The lowest BCUT2D eigenvalue weighted by molar-refractivity contribution is 0.103.